The summed E-state index contributed by atoms with van der Waals surface area (Å²) in [4.78, 5) is 12.7. The predicted molar refractivity (Wildman–Crippen MR) is 70.2 cm³/mol. The van der Waals surface area contributed by atoms with E-state index in [1.54, 1.807) is 13.2 Å². The highest BCUT2D eigenvalue weighted by molar-refractivity contribution is 7.12. The maximum atomic E-state index is 12.2. The fraction of sp³-hybridized carbons (Fsp3) is 0.455. The molecule has 0 aliphatic carbocycles. The molecule has 2 aromatic heterocycles. The van der Waals surface area contributed by atoms with E-state index in [0.29, 0.717) is 16.5 Å². The Morgan fingerprint density at radius 1 is 1.63 bits per heavy atom. The van der Waals surface area contributed by atoms with Crippen LogP contribution in [0.2, 0.25) is 0 Å². The van der Waals surface area contributed by atoms with Crippen molar-refractivity contribution < 1.29 is 9.53 Å². The van der Waals surface area contributed by atoms with Crippen molar-refractivity contribution in [2.45, 2.75) is 25.8 Å². The molecule has 0 aromatic carbocycles. The molecule has 0 bridgehead atoms. The fourth-order valence-corrected chi connectivity index (χ4v) is 2.48. The second-order valence-electron chi connectivity index (χ2n) is 3.90. The molecule has 0 saturated heterocycles. The SMILES string of the molecule is CCCC(NC(=O)c1sccc1OC)c1nn[nH]n1. The third-order valence-electron chi connectivity index (χ3n) is 2.61. The van der Waals surface area contributed by atoms with E-state index in [9.17, 15) is 4.79 Å². The zero-order valence-corrected chi connectivity index (χ0v) is 11.5. The van der Waals surface area contributed by atoms with E-state index in [1.807, 2.05) is 12.3 Å². The van der Waals surface area contributed by atoms with Crippen molar-refractivity contribution in [2.24, 2.45) is 0 Å². The number of aromatic nitrogens is 4. The van der Waals surface area contributed by atoms with Crippen LogP contribution in [-0.4, -0.2) is 33.6 Å². The van der Waals surface area contributed by atoms with Crippen molar-refractivity contribution in [1.29, 1.82) is 0 Å². The number of nitrogens with zero attached hydrogens (tertiary/aromatic N) is 3. The van der Waals surface area contributed by atoms with E-state index in [0.717, 1.165) is 12.8 Å². The van der Waals surface area contributed by atoms with Crippen LogP contribution in [-0.2, 0) is 0 Å². The van der Waals surface area contributed by atoms with Crippen LogP contribution >= 0.6 is 11.3 Å². The molecule has 2 aromatic rings. The van der Waals surface area contributed by atoms with Crippen LogP contribution in [0.4, 0.5) is 0 Å². The summed E-state index contributed by atoms with van der Waals surface area (Å²) < 4.78 is 5.14. The normalized spacial score (nSPS) is 12.1. The van der Waals surface area contributed by atoms with E-state index in [-0.39, 0.29) is 11.9 Å². The summed E-state index contributed by atoms with van der Waals surface area (Å²) in [6.07, 6.45) is 1.65. The number of methoxy groups -OCH3 is 1. The number of aromatic amines is 1. The van der Waals surface area contributed by atoms with Gasteiger partial charge in [-0.05, 0) is 17.9 Å². The fourth-order valence-electron chi connectivity index (χ4n) is 1.72. The van der Waals surface area contributed by atoms with Crippen LogP contribution in [0.25, 0.3) is 0 Å². The van der Waals surface area contributed by atoms with Gasteiger partial charge in [-0.15, -0.1) is 21.5 Å². The molecule has 2 rings (SSSR count). The van der Waals surface area contributed by atoms with Gasteiger partial charge in [0, 0.05) is 0 Å². The van der Waals surface area contributed by atoms with Gasteiger partial charge >= 0.3 is 0 Å². The van der Waals surface area contributed by atoms with Gasteiger partial charge in [0.1, 0.15) is 10.6 Å². The highest BCUT2D eigenvalue weighted by Crippen LogP contribution is 2.25. The number of hydrogen-bond acceptors (Lipinski definition) is 6. The highest BCUT2D eigenvalue weighted by Gasteiger charge is 2.21. The summed E-state index contributed by atoms with van der Waals surface area (Å²) in [5.41, 5.74) is 0. The first-order valence-electron chi connectivity index (χ1n) is 5.92. The molecular weight excluding hydrogens is 266 g/mol. The quantitative estimate of drug-likeness (QED) is 0.837. The molecular formula is C11H15N5O2S. The number of hydrogen-bond donors (Lipinski definition) is 2. The lowest BCUT2D eigenvalue weighted by Crippen LogP contribution is -2.29. The third kappa shape index (κ3) is 3.08. The minimum Gasteiger partial charge on any atom is -0.495 e. The molecule has 0 aliphatic rings. The standard InChI is InChI=1S/C11H15N5O2S/c1-3-4-7(10-13-15-16-14-10)12-11(17)9-8(18-2)5-6-19-9/h5-7H,3-4H2,1-2H3,(H,12,17)(H,13,14,15,16). The Morgan fingerprint density at radius 3 is 3.11 bits per heavy atom. The monoisotopic (exact) mass is 281 g/mol. The maximum absolute atomic E-state index is 12.2. The predicted octanol–water partition coefficient (Wildman–Crippen LogP) is 1.54. The van der Waals surface area contributed by atoms with E-state index < -0.39 is 0 Å². The van der Waals surface area contributed by atoms with E-state index in [1.165, 1.54) is 11.3 Å². The lowest BCUT2D eigenvalue weighted by molar-refractivity contribution is 0.0934. The van der Waals surface area contributed by atoms with Gasteiger partial charge in [-0.2, -0.15) is 5.21 Å². The average Bonchev–Trinajstić information content (AvgIpc) is 3.09. The van der Waals surface area contributed by atoms with Crippen molar-refractivity contribution >= 4 is 17.2 Å². The second-order valence-corrected chi connectivity index (χ2v) is 4.82. The number of ether oxygens (including phenoxy) is 1. The first-order chi connectivity index (χ1) is 9.26. The third-order valence-corrected chi connectivity index (χ3v) is 3.51. The topological polar surface area (TPSA) is 92.8 Å². The van der Waals surface area contributed by atoms with Crippen molar-refractivity contribution in [2.75, 3.05) is 7.11 Å². The lowest BCUT2D eigenvalue weighted by Gasteiger charge is -2.14. The van der Waals surface area contributed by atoms with Gasteiger partial charge in [0.25, 0.3) is 5.91 Å². The molecule has 0 radical (unpaired) electrons. The number of carbonyl (C=O) groups is 1. The second kappa shape index (κ2) is 6.28. The van der Waals surface area contributed by atoms with Gasteiger partial charge in [-0.1, -0.05) is 18.6 Å². The van der Waals surface area contributed by atoms with Gasteiger partial charge in [-0.25, -0.2) is 0 Å². The minimum absolute atomic E-state index is 0.185. The molecule has 0 saturated carbocycles. The molecule has 7 nitrogen and oxygen atoms in total. The number of thiophene rings is 1. The highest BCUT2D eigenvalue weighted by atomic mass is 32.1. The number of carbonyl (C=O) groups excluding carboxylic acids is 1. The molecule has 2 N–H and O–H groups in total. The molecule has 8 heteroatoms. The van der Waals surface area contributed by atoms with Gasteiger partial charge < -0.3 is 10.1 Å². The van der Waals surface area contributed by atoms with Gasteiger partial charge in [-0.3, -0.25) is 4.79 Å². The summed E-state index contributed by atoms with van der Waals surface area (Å²) in [6.45, 7) is 2.03. The van der Waals surface area contributed by atoms with Gasteiger partial charge in [0.2, 0.25) is 0 Å². The summed E-state index contributed by atoms with van der Waals surface area (Å²) in [5, 5.41) is 18.5. The van der Waals surface area contributed by atoms with Crippen LogP contribution in [0, 0.1) is 0 Å². The van der Waals surface area contributed by atoms with Crippen molar-refractivity contribution in [3.05, 3.63) is 22.1 Å². The summed E-state index contributed by atoms with van der Waals surface area (Å²) >= 11 is 1.34. The van der Waals surface area contributed by atoms with E-state index in [2.05, 4.69) is 25.9 Å². The number of H-pyrrole nitrogens is 1. The van der Waals surface area contributed by atoms with Crippen molar-refractivity contribution in [3.63, 3.8) is 0 Å². The zero-order chi connectivity index (χ0) is 13.7. The first-order valence-corrected chi connectivity index (χ1v) is 6.80. The Balaban J connectivity index is 2.11. The maximum Gasteiger partial charge on any atom is 0.265 e. The average molecular weight is 281 g/mol. The number of rotatable bonds is 6. The van der Waals surface area contributed by atoms with Crippen molar-refractivity contribution in [3.8, 4) is 5.75 Å². The van der Waals surface area contributed by atoms with Gasteiger partial charge in [0.05, 0.1) is 13.2 Å². The molecule has 19 heavy (non-hydrogen) atoms. The smallest absolute Gasteiger partial charge is 0.265 e. The van der Waals surface area contributed by atoms with Gasteiger partial charge in [0.15, 0.2) is 5.82 Å². The van der Waals surface area contributed by atoms with Crippen LogP contribution < -0.4 is 10.1 Å². The molecule has 0 spiro atoms. The Bertz CT molecular complexity index is 525. The van der Waals surface area contributed by atoms with E-state index in [4.69, 9.17) is 4.74 Å². The van der Waals surface area contributed by atoms with Crippen LogP contribution in [0.5, 0.6) is 5.75 Å². The van der Waals surface area contributed by atoms with Crippen LogP contribution in [0.1, 0.15) is 41.3 Å². The number of nitrogens with one attached hydrogen (secondary N) is 2. The molecule has 1 unspecified atom stereocenters. The molecule has 102 valence electrons. The van der Waals surface area contributed by atoms with Crippen molar-refractivity contribution in [1.82, 2.24) is 25.9 Å². The summed E-state index contributed by atoms with van der Waals surface area (Å²) in [6, 6.07) is 1.52. The Labute approximate surface area is 114 Å². The van der Waals surface area contributed by atoms with Crippen LogP contribution in [0.15, 0.2) is 11.4 Å². The molecule has 0 aliphatic heterocycles. The first kappa shape index (κ1) is 13.5. The molecule has 2 heterocycles. The lowest BCUT2D eigenvalue weighted by atomic mass is 10.1. The molecule has 0 fully saturated rings. The Hall–Kier alpha value is -1.96. The minimum atomic E-state index is -0.247. The number of tetrazole rings is 1. The Kier molecular flexibility index (Phi) is 4.45. The van der Waals surface area contributed by atoms with E-state index >= 15 is 0 Å². The Morgan fingerprint density at radius 2 is 2.47 bits per heavy atom. The number of amides is 1. The summed E-state index contributed by atoms with van der Waals surface area (Å²) in [5.74, 6) is 0.881. The molecule has 1 atom stereocenters. The zero-order valence-electron chi connectivity index (χ0n) is 10.7. The van der Waals surface area contributed by atoms with Crippen LogP contribution in [0.3, 0.4) is 0 Å². The largest absolute Gasteiger partial charge is 0.495 e. The summed E-state index contributed by atoms with van der Waals surface area (Å²) in [7, 11) is 1.54. The molecule has 1 amide bonds.